The molecule has 0 rings (SSSR count). The molecule has 0 spiro atoms. The summed E-state index contributed by atoms with van der Waals surface area (Å²) in [5.41, 5.74) is 0. The van der Waals surface area contributed by atoms with Gasteiger partial charge in [0.05, 0.1) is 0 Å². The fourth-order valence-corrected chi connectivity index (χ4v) is 0.729. The van der Waals surface area contributed by atoms with Crippen molar-refractivity contribution in [3.8, 4) is 0 Å². The van der Waals surface area contributed by atoms with E-state index in [0.29, 0.717) is 6.42 Å². The second-order valence-corrected chi connectivity index (χ2v) is 3.41. The summed E-state index contributed by atoms with van der Waals surface area (Å²) >= 11 is 11.0. The molecule has 4 heteroatoms. The molecule has 0 saturated carbocycles. The summed E-state index contributed by atoms with van der Waals surface area (Å²) in [6.45, 7) is 1.83. The van der Waals surface area contributed by atoms with Crippen molar-refractivity contribution in [1.29, 1.82) is 0 Å². The van der Waals surface area contributed by atoms with Gasteiger partial charge < -0.3 is 5.11 Å². The summed E-state index contributed by atoms with van der Waals surface area (Å²) in [7, 11) is 0. The van der Waals surface area contributed by atoms with Crippen LogP contribution in [-0.4, -0.2) is 15.9 Å². The van der Waals surface area contributed by atoms with Crippen molar-refractivity contribution in [2.75, 3.05) is 0 Å². The van der Waals surface area contributed by atoms with Gasteiger partial charge in [0.25, 0.3) is 0 Å². The molecule has 1 atom stereocenters. The van der Waals surface area contributed by atoms with Gasteiger partial charge in [-0.15, -0.1) is 23.2 Å². The number of alkyl halides is 2. The quantitative estimate of drug-likeness (QED) is 0.682. The molecular weight excluding hydrogens is 175 g/mol. The van der Waals surface area contributed by atoms with Crippen LogP contribution in [0.15, 0.2) is 0 Å². The van der Waals surface area contributed by atoms with Gasteiger partial charge in [0, 0.05) is 6.42 Å². The maximum absolute atomic E-state index is 10.0. The first-order valence-electron chi connectivity index (χ1n) is 3.04. The zero-order valence-corrected chi connectivity index (χ0v) is 7.19. The molecule has 0 aliphatic heterocycles. The molecule has 0 aromatic carbocycles. The van der Waals surface area contributed by atoms with Gasteiger partial charge in [0.15, 0.2) is 0 Å². The largest absolute Gasteiger partial charge is 0.481 e. The molecule has 1 unspecified atom stereocenters. The summed E-state index contributed by atoms with van der Waals surface area (Å²) in [4.78, 5) is 9.58. The molecule has 10 heavy (non-hydrogen) atoms. The molecule has 0 aliphatic carbocycles. The predicted molar refractivity (Wildman–Crippen MR) is 41.5 cm³/mol. The van der Waals surface area contributed by atoms with Crippen molar-refractivity contribution >= 4 is 29.2 Å². The van der Waals surface area contributed by atoms with Crippen LogP contribution in [0.25, 0.3) is 0 Å². The number of hydrogen-bond donors (Lipinski definition) is 1. The molecule has 0 aromatic heterocycles. The van der Waals surface area contributed by atoms with E-state index in [2.05, 4.69) is 0 Å². The lowest BCUT2D eigenvalue weighted by Gasteiger charge is -2.08. The Morgan fingerprint density at radius 3 is 2.40 bits per heavy atom. The van der Waals surface area contributed by atoms with Crippen LogP contribution < -0.4 is 0 Å². The number of carbonyl (C=O) groups is 1. The highest BCUT2D eigenvalue weighted by Gasteiger charge is 2.11. The third-order valence-electron chi connectivity index (χ3n) is 1.24. The summed E-state index contributed by atoms with van der Waals surface area (Å²) in [6.07, 6.45) is 0.671. The first-order valence-corrected chi connectivity index (χ1v) is 3.91. The highest BCUT2D eigenvalue weighted by molar-refractivity contribution is 6.44. The predicted octanol–water partition coefficient (Wildman–Crippen LogP) is 2.29. The van der Waals surface area contributed by atoms with Crippen LogP contribution in [0.5, 0.6) is 0 Å². The molecule has 0 saturated heterocycles. The minimum atomic E-state index is -0.805. The van der Waals surface area contributed by atoms with Crippen molar-refractivity contribution in [2.45, 2.75) is 24.6 Å². The Labute approximate surface area is 70.1 Å². The van der Waals surface area contributed by atoms with Crippen LogP contribution in [0.1, 0.15) is 19.8 Å². The van der Waals surface area contributed by atoms with Crippen molar-refractivity contribution in [3.63, 3.8) is 0 Å². The van der Waals surface area contributed by atoms with Crippen LogP contribution in [0.4, 0.5) is 0 Å². The SMILES string of the molecule is CC(CCC(=O)O)C(Cl)Cl. The van der Waals surface area contributed by atoms with E-state index >= 15 is 0 Å². The molecule has 0 aromatic rings. The van der Waals surface area contributed by atoms with Crippen molar-refractivity contribution in [2.24, 2.45) is 5.92 Å². The summed E-state index contributed by atoms with van der Waals surface area (Å²) in [6, 6.07) is 0. The molecule has 1 N–H and O–H groups in total. The Morgan fingerprint density at radius 2 is 2.10 bits per heavy atom. The average Bonchev–Trinajstić information content (AvgIpc) is 1.82. The van der Waals surface area contributed by atoms with E-state index in [0.717, 1.165) is 0 Å². The number of halogens is 2. The van der Waals surface area contributed by atoms with Gasteiger partial charge in [-0.25, -0.2) is 0 Å². The Kier molecular flexibility index (Phi) is 4.83. The average molecular weight is 185 g/mol. The van der Waals surface area contributed by atoms with Crippen LogP contribution in [0.3, 0.4) is 0 Å². The van der Waals surface area contributed by atoms with Gasteiger partial charge in [-0.3, -0.25) is 4.79 Å². The smallest absolute Gasteiger partial charge is 0.303 e. The summed E-state index contributed by atoms with van der Waals surface area (Å²) in [5.74, 6) is -0.750. The molecular formula is C6H10Cl2O2. The standard InChI is InChI=1S/C6H10Cl2O2/c1-4(6(7)8)2-3-5(9)10/h4,6H,2-3H2,1H3,(H,9,10). The zero-order chi connectivity index (χ0) is 8.15. The highest BCUT2D eigenvalue weighted by atomic mass is 35.5. The van der Waals surface area contributed by atoms with E-state index in [4.69, 9.17) is 28.3 Å². The van der Waals surface area contributed by atoms with Gasteiger partial charge in [-0.1, -0.05) is 6.92 Å². The van der Waals surface area contributed by atoms with Crippen molar-refractivity contribution < 1.29 is 9.90 Å². The number of rotatable bonds is 4. The fraction of sp³-hybridized carbons (Fsp3) is 0.833. The number of hydrogen-bond acceptors (Lipinski definition) is 1. The van der Waals surface area contributed by atoms with E-state index in [9.17, 15) is 4.79 Å². The third kappa shape index (κ3) is 4.89. The second-order valence-electron chi connectivity index (χ2n) is 2.24. The first-order chi connectivity index (χ1) is 4.54. The van der Waals surface area contributed by atoms with Gasteiger partial charge in [-0.2, -0.15) is 0 Å². The summed E-state index contributed by atoms with van der Waals surface area (Å²) in [5, 5.41) is 8.26. The van der Waals surface area contributed by atoms with Crippen LogP contribution in [0, 0.1) is 5.92 Å². The Morgan fingerprint density at radius 1 is 1.60 bits per heavy atom. The Hall–Kier alpha value is 0.0500. The number of aliphatic carboxylic acids is 1. The first kappa shape index (κ1) is 10.0. The number of carboxylic acid groups (broad SMARTS) is 1. The van der Waals surface area contributed by atoms with Gasteiger partial charge >= 0.3 is 5.97 Å². The van der Waals surface area contributed by atoms with E-state index < -0.39 is 10.8 Å². The molecule has 2 nitrogen and oxygen atoms in total. The van der Waals surface area contributed by atoms with Crippen LogP contribution >= 0.6 is 23.2 Å². The molecule has 0 amide bonds. The van der Waals surface area contributed by atoms with Gasteiger partial charge in [-0.05, 0) is 12.3 Å². The van der Waals surface area contributed by atoms with Crippen LogP contribution in [0.2, 0.25) is 0 Å². The van der Waals surface area contributed by atoms with E-state index in [1.807, 2.05) is 6.92 Å². The lowest BCUT2D eigenvalue weighted by Crippen LogP contribution is -2.07. The van der Waals surface area contributed by atoms with E-state index in [-0.39, 0.29) is 12.3 Å². The molecule has 0 heterocycles. The minimum absolute atomic E-state index is 0.0550. The maximum atomic E-state index is 10.0. The molecule has 60 valence electrons. The second kappa shape index (κ2) is 4.80. The lowest BCUT2D eigenvalue weighted by atomic mass is 10.1. The fourth-order valence-electron chi connectivity index (χ4n) is 0.477. The lowest BCUT2D eigenvalue weighted by molar-refractivity contribution is -0.137. The zero-order valence-electron chi connectivity index (χ0n) is 5.68. The van der Waals surface area contributed by atoms with E-state index in [1.54, 1.807) is 0 Å². The van der Waals surface area contributed by atoms with Crippen molar-refractivity contribution in [1.82, 2.24) is 0 Å². The molecule has 0 radical (unpaired) electrons. The van der Waals surface area contributed by atoms with Gasteiger partial charge in [0.2, 0.25) is 0 Å². The topological polar surface area (TPSA) is 37.3 Å². The normalized spacial score (nSPS) is 13.6. The third-order valence-corrected chi connectivity index (χ3v) is 2.10. The van der Waals surface area contributed by atoms with E-state index in [1.165, 1.54) is 0 Å². The Bertz CT molecular complexity index is 114. The van der Waals surface area contributed by atoms with Crippen molar-refractivity contribution in [3.05, 3.63) is 0 Å². The van der Waals surface area contributed by atoms with Crippen LogP contribution in [-0.2, 0) is 4.79 Å². The molecule has 0 fully saturated rings. The molecule has 0 aliphatic rings. The summed E-state index contributed by atoms with van der Waals surface area (Å²) < 4.78 is 0. The maximum Gasteiger partial charge on any atom is 0.303 e. The van der Waals surface area contributed by atoms with Gasteiger partial charge in [0.1, 0.15) is 4.84 Å². The minimum Gasteiger partial charge on any atom is -0.481 e. The molecule has 0 bridgehead atoms. The Balaban J connectivity index is 3.39. The number of carboxylic acids is 1. The monoisotopic (exact) mass is 184 g/mol. The highest BCUT2D eigenvalue weighted by Crippen LogP contribution is 2.19.